The zero-order chi connectivity index (χ0) is 11.6. The Morgan fingerprint density at radius 3 is 3.00 bits per heavy atom. The highest BCUT2D eigenvalue weighted by molar-refractivity contribution is 5.49. The van der Waals surface area contributed by atoms with Crippen LogP contribution >= 0.6 is 0 Å². The first-order valence-corrected chi connectivity index (χ1v) is 5.69. The first kappa shape index (κ1) is 12.8. The van der Waals surface area contributed by atoms with Gasteiger partial charge < -0.3 is 14.8 Å². The molecular formula is C12H20N2O2. The first-order valence-electron chi connectivity index (χ1n) is 5.69. The molecule has 0 bridgehead atoms. The molecule has 1 aromatic rings. The monoisotopic (exact) mass is 224 g/mol. The molecule has 0 saturated heterocycles. The fraction of sp³-hybridized carbons (Fsp3) is 0.583. The Morgan fingerprint density at radius 1 is 1.38 bits per heavy atom. The zero-order valence-electron chi connectivity index (χ0n) is 10.0. The molecule has 0 radical (unpaired) electrons. The lowest BCUT2D eigenvalue weighted by Gasteiger charge is -2.11. The van der Waals surface area contributed by atoms with Gasteiger partial charge in [0.25, 0.3) is 0 Å². The SMILES string of the molecule is CCCOc1cccnc1NCCCOC. The summed E-state index contributed by atoms with van der Waals surface area (Å²) in [7, 11) is 1.70. The van der Waals surface area contributed by atoms with Crippen LogP contribution in [0.4, 0.5) is 5.82 Å². The highest BCUT2D eigenvalue weighted by Gasteiger charge is 2.02. The Bertz CT molecular complexity index is 292. The molecule has 0 unspecified atom stereocenters. The van der Waals surface area contributed by atoms with E-state index < -0.39 is 0 Å². The van der Waals surface area contributed by atoms with Crippen LogP contribution in [0.25, 0.3) is 0 Å². The Labute approximate surface area is 97.0 Å². The number of hydrogen-bond donors (Lipinski definition) is 1. The number of nitrogens with zero attached hydrogens (tertiary/aromatic N) is 1. The van der Waals surface area contributed by atoms with Crippen molar-refractivity contribution in [2.24, 2.45) is 0 Å². The Balaban J connectivity index is 2.43. The standard InChI is InChI=1S/C12H20N2O2/c1-3-9-16-11-6-4-7-13-12(11)14-8-5-10-15-2/h4,6-7H,3,5,8-10H2,1-2H3,(H,13,14). The molecule has 0 aliphatic rings. The molecule has 0 aromatic carbocycles. The Kier molecular flexibility index (Phi) is 6.33. The maximum atomic E-state index is 5.59. The van der Waals surface area contributed by atoms with Crippen LogP contribution in [-0.2, 0) is 4.74 Å². The van der Waals surface area contributed by atoms with Gasteiger partial charge in [-0.15, -0.1) is 0 Å². The Hall–Kier alpha value is -1.29. The van der Waals surface area contributed by atoms with Crippen LogP contribution in [0.2, 0.25) is 0 Å². The molecule has 0 amide bonds. The number of ether oxygens (including phenoxy) is 2. The predicted molar refractivity (Wildman–Crippen MR) is 65.0 cm³/mol. The molecule has 4 nitrogen and oxygen atoms in total. The Morgan fingerprint density at radius 2 is 2.25 bits per heavy atom. The number of methoxy groups -OCH3 is 1. The third-order valence-corrected chi connectivity index (χ3v) is 2.05. The van der Waals surface area contributed by atoms with E-state index in [1.807, 2.05) is 12.1 Å². The van der Waals surface area contributed by atoms with Crippen molar-refractivity contribution < 1.29 is 9.47 Å². The maximum Gasteiger partial charge on any atom is 0.168 e. The van der Waals surface area contributed by atoms with Crippen LogP contribution in [0.1, 0.15) is 19.8 Å². The molecule has 1 rings (SSSR count). The third-order valence-electron chi connectivity index (χ3n) is 2.05. The van der Waals surface area contributed by atoms with E-state index in [-0.39, 0.29) is 0 Å². The molecule has 0 fully saturated rings. The fourth-order valence-corrected chi connectivity index (χ4v) is 1.28. The van der Waals surface area contributed by atoms with Gasteiger partial charge in [0.2, 0.25) is 0 Å². The van der Waals surface area contributed by atoms with Gasteiger partial charge in [-0.2, -0.15) is 0 Å². The molecule has 1 N–H and O–H groups in total. The van der Waals surface area contributed by atoms with Crippen molar-refractivity contribution in [3.05, 3.63) is 18.3 Å². The molecule has 1 aromatic heterocycles. The van der Waals surface area contributed by atoms with E-state index in [9.17, 15) is 0 Å². The minimum atomic E-state index is 0.721. The molecule has 90 valence electrons. The lowest BCUT2D eigenvalue weighted by Crippen LogP contribution is -2.08. The van der Waals surface area contributed by atoms with Gasteiger partial charge in [0, 0.05) is 26.5 Å². The topological polar surface area (TPSA) is 43.4 Å². The summed E-state index contributed by atoms with van der Waals surface area (Å²) in [5, 5.41) is 3.24. The van der Waals surface area contributed by atoms with Crippen molar-refractivity contribution in [1.29, 1.82) is 0 Å². The summed E-state index contributed by atoms with van der Waals surface area (Å²) in [5.74, 6) is 1.63. The van der Waals surface area contributed by atoms with E-state index in [0.29, 0.717) is 0 Å². The summed E-state index contributed by atoms with van der Waals surface area (Å²) in [6.45, 7) is 4.40. The van der Waals surface area contributed by atoms with Crippen LogP contribution in [-0.4, -0.2) is 31.9 Å². The highest BCUT2D eigenvalue weighted by Crippen LogP contribution is 2.20. The summed E-state index contributed by atoms with van der Waals surface area (Å²) in [6, 6.07) is 3.81. The molecule has 0 saturated carbocycles. The van der Waals surface area contributed by atoms with Crippen LogP contribution in [0.15, 0.2) is 18.3 Å². The summed E-state index contributed by atoms with van der Waals surface area (Å²) in [4.78, 5) is 4.25. The van der Waals surface area contributed by atoms with Crippen molar-refractivity contribution >= 4 is 5.82 Å². The van der Waals surface area contributed by atoms with E-state index in [1.165, 1.54) is 0 Å². The van der Waals surface area contributed by atoms with Crippen LogP contribution in [0.5, 0.6) is 5.75 Å². The number of pyridine rings is 1. The third kappa shape index (κ3) is 4.49. The van der Waals surface area contributed by atoms with Gasteiger partial charge in [-0.05, 0) is 25.0 Å². The van der Waals surface area contributed by atoms with Gasteiger partial charge in [0.05, 0.1) is 6.61 Å². The first-order chi connectivity index (χ1) is 7.88. The van der Waals surface area contributed by atoms with E-state index in [0.717, 1.165) is 44.2 Å². The van der Waals surface area contributed by atoms with Gasteiger partial charge in [-0.3, -0.25) is 0 Å². The van der Waals surface area contributed by atoms with Crippen molar-refractivity contribution in [1.82, 2.24) is 4.98 Å². The number of aromatic nitrogens is 1. The second-order valence-corrected chi connectivity index (χ2v) is 3.47. The number of nitrogens with one attached hydrogen (secondary N) is 1. The molecule has 0 aliphatic carbocycles. The van der Waals surface area contributed by atoms with Gasteiger partial charge in [-0.1, -0.05) is 6.92 Å². The summed E-state index contributed by atoms with van der Waals surface area (Å²) >= 11 is 0. The van der Waals surface area contributed by atoms with Gasteiger partial charge >= 0.3 is 0 Å². The molecule has 0 spiro atoms. The molecular weight excluding hydrogens is 204 g/mol. The summed E-state index contributed by atoms with van der Waals surface area (Å²) in [5.41, 5.74) is 0. The van der Waals surface area contributed by atoms with E-state index in [1.54, 1.807) is 13.3 Å². The van der Waals surface area contributed by atoms with Gasteiger partial charge in [0.15, 0.2) is 11.6 Å². The van der Waals surface area contributed by atoms with E-state index >= 15 is 0 Å². The number of hydrogen-bond acceptors (Lipinski definition) is 4. The minimum absolute atomic E-state index is 0.721. The van der Waals surface area contributed by atoms with Crippen molar-refractivity contribution in [3.63, 3.8) is 0 Å². The lowest BCUT2D eigenvalue weighted by atomic mass is 10.4. The van der Waals surface area contributed by atoms with Crippen molar-refractivity contribution in [2.45, 2.75) is 19.8 Å². The average Bonchev–Trinajstić information content (AvgIpc) is 2.33. The smallest absolute Gasteiger partial charge is 0.168 e. The quantitative estimate of drug-likeness (QED) is 0.688. The maximum absolute atomic E-state index is 5.59. The highest BCUT2D eigenvalue weighted by atomic mass is 16.5. The normalized spacial score (nSPS) is 10.1. The van der Waals surface area contributed by atoms with Crippen LogP contribution in [0.3, 0.4) is 0 Å². The van der Waals surface area contributed by atoms with Crippen molar-refractivity contribution in [3.8, 4) is 5.75 Å². The lowest BCUT2D eigenvalue weighted by molar-refractivity contribution is 0.197. The zero-order valence-corrected chi connectivity index (χ0v) is 10.0. The number of rotatable bonds is 8. The number of anilines is 1. The minimum Gasteiger partial charge on any atom is -0.490 e. The summed E-state index contributed by atoms with van der Waals surface area (Å²) < 4.78 is 10.6. The molecule has 4 heteroatoms. The van der Waals surface area contributed by atoms with Crippen LogP contribution in [0, 0.1) is 0 Å². The molecule has 16 heavy (non-hydrogen) atoms. The predicted octanol–water partition coefficient (Wildman–Crippen LogP) is 2.32. The second kappa shape index (κ2) is 7.93. The molecule has 0 atom stereocenters. The summed E-state index contributed by atoms with van der Waals surface area (Å²) in [6.07, 6.45) is 3.72. The molecule has 1 heterocycles. The van der Waals surface area contributed by atoms with Gasteiger partial charge in [-0.25, -0.2) is 4.98 Å². The van der Waals surface area contributed by atoms with Gasteiger partial charge in [0.1, 0.15) is 0 Å². The largest absolute Gasteiger partial charge is 0.490 e. The molecule has 0 aliphatic heterocycles. The van der Waals surface area contributed by atoms with E-state index in [2.05, 4.69) is 17.2 Å². The fourth-order valence-electron chi connectivity index (χ4n) is 1.28. The van der Waals surface area contributed by atoms with Crippen molar-refractivity contribution in [2.75, 3.05) is 32.2 Å². The van der Waals surface area contributed by atoms with Crippen LogP contribution < -0.4 is 10.1 Å². The average molecular weight is 224 g/mol. The van der Waals surface area contributed by atoms with E-state index in [4.69, 9.17) is 9.47 Å². The second-order valence-electron chi connectivity index (χ2n) is 3.47.